The minimum absolute atomic E-state index is 0.396. The van der Waals surface area contributed by atoms with E-state index in [9.17, 15) is 0 Å². The molecule has 0 fully saturated rings. The van der Waals surface area contributed by atoms with Gasteiger partial charge in [0.05, 0.1) is 0 Å². The number of benzene rings is 1. The Balaban J connectivity index is 2.52. The minimum atomic E-state index is 0.396. The van der Waals surface area contributed by atoms with Crippen LogP contribution in [0.5, 0.6) is 0 Å². The molecule has 0 saturated carbocycles. The maximum Gasteiger partial charge on any atom is 0.0476 e. The summed E-state index contributed by atoms with van der Waals surface area (Å²) in [5.74, 6) is 0. The topological polar surface area (TPSA) is 21.3 Å². The molecule has 1 N–H and O–H groups in total. The van der Waals surface area contributed by atoms with Crippen molar-refractivity contribution < 1.29 is 4.74 Å². The number of methoxy groups -OCH3 is 1. The first-order valence-corrected chi connectivity index (χ1v) is 5.95. The smallest absolute Gasteiger partial charge is 0.0476 e. The van der Waals surface area contributed by atoms with Crippen molar-refractivity contribution in [3.8, 4) is 0 Å². The molecular formula is C14H23NO. The molecule has 0 saturated heterocycles. The summed E-state index contributed by atoms with van der Waals surface area (Å²) in [5.41, 5.74) is 2.73. The largest absolute Gasteiger partial charge is 0.385 e. The summed E-state index contributed by atoms with van der Waals surface area (Å²) in [6.07, 6.45) is 1.05. The monoisotopic (exact) mass is 221 g/mol. The van der Waals surface area contributed by atoms with Crippen molar-refractivity contribution in [1.29, 1.82) is 0 Å². The Kier molecular flexibility index (Phi) is 5.50. The van der Waals surface area contributed by atoms with E-state index in [0.717, 1.165) is 13.0 Å². The number of hydrogen-bond donors (Lipinski definition) is 1. The number of rotatable bonds is 6. The molecule has 1 aromatic rings. The molecule has 0 aliphatic rings. The summed E-state index contributed by atoms with van der Waals surface area (Å²) in [6, 6.07) is 9.41. The van der Waals surface area contributed by atoms with Crippen LogP contribution in [0.1, 0.15) is 37.4 Å². The number of ether oxygens (including phenoxy) is 1. The van der Waals surface area contributed by atoms with Gasteiger partial charge in [-0.3, -0.25) is 0 Å². The highest BCUT2D eigenvalue weighted by molar-refractivity contribution is 5.28. The Labute approximate surface area is 99.0 Å². The maximum absolute atomic E-state index is 5.08. The van der Waals surface area contributed by atoms with Gasteiger partial charge >= 0.3 is 0 Å². The average molecular weight is 221 g/mol. The molecule has 0 amide bonds. The fourth-order valence-electron chi connectivity index (χ4n) is 1.97. The van der Waals surface area contributed by atoms with Crippen LogP contribution in [0.3, 0.4) is 0 Å². The van der Waals surface area contributed by atoms with Gasteiger partial charge < -0.3 is 10.1 Å². The Hall–Kier alpha value is -0.860. The van der Waals surface area contributed by atoms with Gasteiger partial charge in [-0.1, -0.05) is 24.3 Å². The van der Waals surface area contributed by atoms with Crippen LogP contribution >= 0.6 is 0 Å². The highest BCUT2D eigenvalue weighted by Crippen LogP contribution is 2.17. The number of hydrogen-bond acceptors (Lipinski definition) is 2. The van der Waals surface area contributed by atoms with Gasteiger partial charge in [-0.15, -0.1) is 0 Å². The molecule has 0 aliphatic carbocycles. The normalized spacial score (nSPS) is 14.8. The van der Waals surface area contributed by atoms with Crippen LogP contribution in [0, 0.1) is 6.92 Å². The lowest BCUT2D eigenvalue weighted by Gasteiger charge is -2.21. The van der Waals surface area contributed by atoms with E-state index >= 15 is 0 Å². The predicted molar refractivity (Wildman–Crippen MR) is 68.7 cm³/mol. The summed E-state index contributed by atoms with van der Waals surface area (Å²) < 4.78 is 5.08. The highest BCUT2D eigenvalue weighted by Gasteiger charge is 2.10. The van der Waals surface area contributed by atoms with Crippen LogP contribution in [0.15, 0.2) is 24.3 Å². The standard InChI is InChI=1S/C14H23NO/c1-11-7-5-6-8-14(11)13(3)15-12(2)9-10-16-4/h5-8,12-13,15H,9-10H2,1-4H3/t12?,13-/m0/s1. The molecule has 1 unspecified atom stereocenters. The van der Waals surface area contributed by atoms with E-state index < -0.39 is 0 Å². The first-order chi connectivity index (χ1) is 7.65. The van der Waals surface area contributed by atoms with E-state index in [1.807, 2.05) is 0 Å². The second-order valence-corrected chi connectivity index (χ2v) is 4.43. The van der Waals surface area contributed by atoms with Crippen LogP contribution in [-0.2, 0) is 4.74 Å². The molecule has 0 aliphatic heterocycles. The van der Waals surface area contributed by atoms with Crippen molar-refractivity contribution in [1.82, 2.24) is 5.32 Å². The lowest BCUT2D eigenvalue weighted by molar-refractivity contribution is 0.183. The summed E-state index contributed by atoms with van der Waals surface area (Å²) in [5, 5.41) is 3.59. The van der Waals surface area contributed by atoms with E-state index in [1.54, 1.807) is 7.11 Å². The Morgan fingerprint density at radius 2 is 1.94 bits per heavy atom. The van der Waals surface area contributed by atoms with E-state index in [0.29, 0.717) is 12.1 Å². The first kappa shape index (κ1) is 13.2. The summed E-state index contributed by atoms with van der Waals surface area (Å²) in [6.45, 7) is 7.39. The third-order valence-electron chi connectivity index (χ3n) is 2.94. The molecule has 0 bridgehead atoms. The van der Waals surface area contributed by atoms with Crippen molar-refractivity contribution in [2.75, 3.05) is 13.7 Å². The predicted octanol–water partition coefficient (Wildman–Crippen LogP) is 3.07. The quantitative estimate of drug-likeness (QED) is 0.797. The number of aryl methyl sites for hydroxylation is 1. The van der Waals surface area contributed by atoms with E-state index in [4.69, 9.17) is 4.74 Å². The van der Waals surface area contributed by atoms with Gasteiger partial charge in [0.25, 0.3) is 0 Å². The molecule has 16 heavy (non-hydrogen) atoms. The van der Waals surface area contributed by atoms with Gasteiger partial charge in [-0.05, 0) is 38.3 Å². The zero-order valence-corrected chi connectivity index (χ0v) is 10.8. The fraction of sp³-hybridized carbons (Fsp3) is 0.571. The summed E-state index contributed by atoms with van der Waals surface area (Å²) in [4.78, 5) is 0. The summed E-state index contributed by atoms with van der Waals surface area (Å²) >= 11 is 0. The van der Waals surface area contributed by atoms with Crippen LogP contribution in [0.2, 0.25) is 0 Å². The Morgan fingerprint density at radius 3 is 2.56 bits per heavy atom. The Bertz CT molecular complexity index is 311. The molecule has 90 valence electrons. The second-order valence-electron chi connectivity index (χ2n) is 4.43. The molecule has 1 rings (SSSR count). The number of nitrogens with one attached hydrogen (secondary N) is 1. The lowest BCUT2D eigenvalue weighted by atomic mass is 10.0. The van der Waals surface area contributed by atoms with E-state index in [-0.39, 0.29) is 0 Å². The molecule has 2 atom stereocenters. The van der Waals surface area contributed by atoms with Gasteiger partial charge in [-0.25, -0.2) is 0 Å². The lowest BCUT2D eigenvalue weighted by Crippen LogP contribution is -2.30. The maximum atomic E-state index is 5.08. The van der Waals surface area contributed by atoms with Crippen molar-refractivity contribution >= 4 is 0 Å². The van der Waals surface area contributed by atoms with Crippen molar-refractivity contribution in [3.05, 3.63) is 35.4 Å². The van der Waals surface area contributed by atoms with Crippen LogP contribution in [-0.4, -0.2) is 19.8 Å². The second kappa shape index (κ2) is 6.66. The molecule has 2 nitrogen and oxygen atoms in total. The molecule has 1 aromatic carbocycles. The molecular weight excluding hydrogens is 198 g/mol. The average Bonchev–Trinajstić information content (AvgIpc) is 2.26. The van der Waals surface area contributed by atoms with Gasteiger partial charge in [0.1, 0.15) is 0 Å². The molecule has 0 aromatic heterocycles. The summed E-state index contributed by atoms with van der Waals surface area (Å²) in [7, 11) is 1.75. The molecule has 0 heterocycles. The van der Waals surface area contributed by atoms with Crippen molar-refractivity contribution in [2.24, 2.45) is 0 Å². The van der Waals surface area contributed by atoms with E-state index in [1.165, 1.54) is 11.1 Å². The third-order valence-corrected chi connectivity index (χ3v) is 2.94. The molecule has 0 spiro atoms. The Morgan fingerprint density at radius 1 is 1.25 bits per heavy atom. The van der Waals surface area contributed by atoms with Crippen LogP contribution in [0.25, 0.3) is 0 Å². The zero-order chi connectivity index (χ0) is 12.0. The van der Waals surface area contributed by atoms with Crippen molar-refractivity contribution in [2.45, 2.75) is 39.3 Å². The first-order valence-electron chi connectivity index (χ1n) is 5.95. The van der Waals surface area contributed by atoms with Crippen molar-refractivity contribution in [3.63, 3.8) is 0 Å². The zero-order valence-electron chi connectivity index (χ0n) is 10.8. The fourth-order valence-corrected chi connectivity index (χ4v) is 1.97. The van der Waals surface area contributed by atoms with Crippen LogP contribution < -0.4 is 5.32 Å². The van der Waals surface area contributed by atoms with Crippen LogP contribution in [0.4, 0.5) is 0 Å². The van der Waals surface area contributed by atoms with E-state index in [2.05, 4.69) is 50.4 Å². The van der Waals surface area contributed by atoms with Gasteiger partial charge in [0, 0.05) is 25.8 Å². The van der Waals surface area contributed by atoms with Gasteiger partial charge in [0.15, 0.2) is 0 Å². The third kappa shape index (κ3) is 3.95. The SMILES string of the molecule is COCCC(C)N[C@@H](C)c1ccccc1C. The van der Waals surface area contributed by atoms with Gasteiger partial charge in [0.2, 0.25) is 0 Å². The minimum Gasteiger partial charge on any atom is -0.385 e. The molecule has 0 radical (unpaired) electrons. The molecule has 2 heteroatoms. The van der Waals surface area contributed by atoms with Gasteiger partial charge in [-0.2, -0.15) is 0 Å². The highest BCUT2D eigenvalue weighted by atomic mass is 16.5.